The Kier molecular flexibility index (Phi) is 14.5. The van der Waals surface area contributed by atoms with Crippen LogP contribution in [0, 0.1) is 0 Å². The average molecular weight is 263 g/mol. The van der Waals surface area contributed by atoms with Crippen molar-refractivity contribution in [2.75, 3.05) is 38.3 Å². The first-order valence-corrected chi connectivity index (χ1v) is 8.17. The van der Waals surface area contributed by atoms with Crippen LogP contribution in [0.3, 0.4) is 0 Å². The third kappa shape index (κ3) is 12.5. The fourth-order valence-corrected chi connectivity index (χ4v) is 2.10. The average Bonchev–Trinajstić information content (AvgIpc) is 2.33. The lowest BCUT2D eigenvalue weighted by Gasteiger charge is -2.17. The molecule has 4 heteroatoms. The fourth-order valence-electron chi connectivity index (χ4n) is 1.61. The standard InChI is InChI=1S/C13H29NO2S/c1-4-15-13(16-5-2)12-14-10-8-6-7-9-11-17-3/h13-14H,4-12H2,1-3H3. The van der Waals surface area contributed by atoms with Crippen molar-refractivity contribution in [2.45, 2.75) is 45.8 Å². The maximum Gasteiger partial charge on any atom is 0.169 e. The summed E-state index contributed by atoms with van der Waals surface area (Å²) < 4.78 is 10.9. The van der Waals surface area contributed by atoms with E-state index in [1.165, 1.54) is 31.4 Å². The minimum atomic E-state index is -0.0820. The molecular weight excluding hydrogens is 234 g/mol. The fraction of sp³-hybridized carbons (Fsp3) is 1.00. The van der Waals surface area contributed by atoms with Gasteiger partial charge in [-0.3, -0.25) is 0 Å². The van der Waals surface area contributed by atoms with Crippen LogP contribution in [0.5, 0.6) is 0 Å². The van der Waals surface area contributed by atoms with Gasteiger partial charge in [0.05, 0.1) is 0 Å². The lowest BCUT2D eigenvalue weighted by atomic mass is 10.2. The SMILES string of the molecule is CCOC(CNCCCCCCSC)OCC. The van der Waals surface area contributed by atoms with Crippen molar-refractivity contribution in [2.24, 2.45) is 0 Å². The van der Waals surface area contributed by atoms with E-state index in [2.05, 4.69) is 11.6 Å². The molecule has 17 heavy (non-hydrogen) atoms. The molecule has 104 valence electrons. The van der Waals surface area contributed by atoms with Crippen molar-refractivity contribution in [1.82, 2.24) is 5.32 Å². The lowest BCUT2D eigenvalue weighted by molar-refractivity contribution is -0.132. The minimum absolute atomic E-state index is 0.0820. The second kappa shape index (κ2) is 14.3. The molecule has 0 aromatic heterocycles. The van der Waals surface area contributed by atoms with Gasteiger partial charge in [-0.05, 0) is 45.2 Å². The van der Waals surface area contributed by atoms with Gasteiger partial charge < -0.3 is 14.8 Å². The van der Waals surface area contributed by atoms with Gasteiger partial charge in [0.1, 0.15) is 0 Å². The molecule has 0 aliphatic heterocycles. The molecule has 0 radical (unpaired) electrons. The molecule has 0 heterocycles. The maximum atomic E-state index is 5.45. The van der Waals surface area contributed by atoms with Gasteiger partial charge in [0.25, 0.3) is 0 Å². The number of unbranched alkanes of at least 4 members (excludes halogenated alkanes) is 3. The van der Waals surface area contributed by atoms with Crippen LogP contribution in [-0.4, -0.2) is 44.6 Å². The highest BCUT2D eigenvalue weighted by molar-refractivity contribution is 7.98. The molecule has 0 saturated heterocycles. The topological polar surface area (TPSA) is 30.5 Å². The predicted molar refractivity (Wildman–Crippen MR) is 76.8 cm³/mol. The van der Waals surface area contributed by atoms with E-state index in [-0.39, 0.29) is 6.29 Å². The normalized spacial score (nSPS) is 11.3. The third-order valence-electron chi connectivity index (χ3n) is 2.47. The van der Waals surface area contributed by atoms with Crippen molar-refractivity contribution in [3.05, 3.63) is 0 Å². The van der Waals surface area contributed by atoms with E-state index < -0.39 is 0 Å². The highest BCUT2D eigenvalue weighted by atomic mass is 32.2. The monoisotopic (exact) mass is 263 g/mol. The summed E-state index contributed by atoms with van der Waals surface area (Å²) in [5.74, 6) is 1.30. The Morgan fingerprint density at radius 2 is 1.65 bits per heavy atom. The Bertz CT molecular complexity index is 141. The first-order chi connectivity index (χ1) is 8.35. The van der Waals surface area contributed by atoms with Crippen LogP contribution in [0.1, 0.15) is 39.5 Å². The Morgan fingerprint density at radius 1 is 1.00 bits per heavy atom. The molecule has 0 atom stereocenters. The second-order valence-electron chi connectivity index (χ2n) is 3.95. The molecule has 0 aliphatic carbocycles. The summed E-state index contributed by atoms with van der Waals surface area (Å²) in [5, 5.41) is 3.39. The second-order valence-corrected chi connectivity index (χ2v) is 4.94. The number of hydrogen-bond acceptors (Lipinski definition) is 4. The van der Waals surface area contributed by atoms with Gasteiger partial charge in [0.2, 0.25) is 0 Å². The number of thioether (sulfide) groups is 1. The molecule has 0 amide bonds. The molecule has 0 spiro atoms. The van der Waals surface area contributed by atoms with Gasteiger partial charge >= 0.3 is 0 Å². The van der Waals surface area contributed by atoms with E-state index in [1.54, 1.807) is 0 Å². The van der Waals surface area contributed by atoms with Crippen LogP contribution >= 0.6 is 11.8 Å². The predicted octanol–water partition coefficient (Wildman–Crippen LogP) is 2.90. The van der Waals surface area contributed by atoms with Crippen molar-refractivity contribution < 1.29 is 9.47 Å². The first-order valence-electron chi connectivity index (χ1n) is 6.78. The van der Waals surface area contributed by atoms with E-state index in [9.17, 15) is 0 Å². The van der Waals surface area contributed by atoms with Gasteiger partial charge in [-0.25, -0.2) is 0 Å². The summed E-state index contributed by atoms with van der Waals surface area (Å²) in [4.78, 5) is 0. The zero-order valence-electron chi connectivity index (χ0n) is 11.7. The molecule has 1 N–H and O–H groups in total. The summed E-state index contributed by atoms with van der Waals surface area (Å²) in [6, 6.07) is 0. The summed E-state index contributed by atoms with van der Waals surface area (Å²) in [7, 11) is 0. The van der Waals surface area contributed by atoms with E-state index in [4.69, 9.17) is 9.47 Å². The molecule has 0 aliphatic rings. The quantitative estimate of drug-likeness (QED) is 0.409. The molecule has 0 aromatic carbocycles. The molecule has 0 unspecified atom stereocenters. The van der Waals surface area contributed by atoms with Crippen LogP contribution in [-0.2, 0) is 9.47 Å². The van der Waals surface area contributed by atoms with E-state index in [0.717, 1.165) is 13.1 Å². The molecule has 0 rings (SSSR count). The van der Waals surface area contributed by atoms with Crippen molar-refractivity contribution in [1.29, 1.82) is 0 Å². The van der Waals surface area contributed by atoms with Gasteiger partial charge in [0, 0.05) is 19.8 Å². The van der Waals surface area contributed by atoms with E-state index in [1.807, 2.05) is 25.6 Å². The highest BCUT2D eigenvalue weighted by Crippen LogP contribution is 2.04. The summed E-state index contributed by atoms with van der Waals surface area (Å²) >= 11 is 1.94. The number of rotatable bonds is 13. The number of ether oxygens (including phenoxy) is 2. The molecular formula is C13H29NO2S. The zero-order chi connectivity index (χ0) is 12.8. The lowest BCUT2D eigenvalue weighted by Crippen LogP contribution is -2.32. The molecule has 0 saturated carbocycles. The first kappa shape index (κ1) is 17.2. The number of hydrogen-bond donors (Lipinski definition) is 1. The van der Waals surface area contributed by atoms with Crippen LogP contribution in [0.15, 0.2) is 0 Å². The smallest absolute Gasteiger partial charge is 0.169 e. The highest BCUT2D eigenvalue weighted by Gasteiger charge is 2.05. The summed E-state index contributed by atoms with van der Waals surface area (Å²) in [5.41, 5.74) is 0. The Hall–Kier alpha value is 0.230. The van der Waals surface area contributed by atoms with Crippen LogP contribution in [0.4, 0.5) is 0 Å². The van der Waals surface area contributed by atoms with Crippen LogP contribution in [0.25, 0.3) is 0 Å². The maximum absolute atomic E-state index is 5.45. The van der Waals surface area contributed by atoms with E-state index in [0.29, 0.717) is 13.2 Å². The Morgan fingerprint density at radius 3 is 2.24 bits per heavy atom. The van der Waals surface area contributed by atoms with Crippen LogP contribution in [0.2, 0.25) is 0 Å². The van der Waals surface area contributed by atoms with E-state index >= 15 is 0 Å². The van der Waals surface area contributed by atoms with Gasteiger partial charge in [-0.15, -0.1) is 0 Å². The van der Waals surface area contributed by atoms with Gasteiger partial charge in [0.15, 0.2) is 6.29 Å². The van der Waals surface area contributed by atoms with Gasteiger partial charge in [-0.1, -0.05) is 12.8 Å². The molecule has 0 bridgehead atoms. The molecule has 0 aromatic rings. The molecule has 3 nitrogen and oxygen atoms in total. The molecule has 0 fully saturated rings. The minimum Gasteiger partial charge on any atom is -0.352 e. The Balaban J connectivity index is 3.23. The Labute approximate surface area is 111 Å². The third-order valence-corrected chi connectivity index (χ3v) is 3.17. The number of nitrogens with one attached hydrogen (secondary N) is 1. The van der Waals surface area contributed by atoms with Crippen molar-refractivity contribution >= 4 is 11.8 Å². The summed E-state index contributed by atoms with van der Waals surface area (Å²) in [6.07, 6.45) is 7.36. The zero-order valence-corrected chi connectivity index (χ0v) is 12.5. The largest absolute Gasteiger partial charge is 0.352 e. The summed E-state index contributed by atoms with van der Waals surface area (Å²) in [6.45, 7) is 7.28. The van der Waals surface area contributed by atoms with Crippen LogP contribution < -0.4 is 5.32 Å². The van der Waals surface area contributed by atoms with Gasteiger partial charge in [-0.2, -0.15) is 11.8 Å². The van der Waals surface area contributed by atoms with Crippen molar-refractivity contribution in [3.8, 4) is 0 Å². The van der Waals surface area contributed by atoms with Crippen molar-refractivity contribution in [3.63, 3.8) is 0 Å².